The molecule has 1 aromatic rings. The fourth-order valence-electron chi connectivity index (χ4n) is 3.35. The molecule has 19 heavy (non-hydrogen) atoms. The Balaban J connectivity index is 2.12. The molecule has 1 aromatic carbocycles. The van der Waals surface area contributed by atoms with E-state index in [4.69, 9.17) is 10.5 Å². The van der Waals surface area contributed by atoms with E-state index in [1.165, 1.54) is 43.2 Å². The minimum atomic E-state index is 0.156. The van der Waals surface area contributed by atoms with Gasteiger partial charge in [0.15, 0.2) is 0 Å². The fourth-order valence-corrected chi connectivity index (χ4v) is 3.35. The van der Waals surface area contributed by atoms with Gasteiger partial charge in [0.1, 0.15) is 5.75 Å². The Morgan fingerprint density at radius 1 is 1.37 bits per heavy atom. The van der Waals surface area contributed by atoms with Crippen LogP contribution in [0.1, 0.15) is 56.2 Å². The molecule has 1 fully saturated rings. The van der Waals surface area contributed by atoms with Crippen LogP contribution in [0, 0.1) is 18.8 Å². The molecule has 2 rings (SSSR count). The van der Waals surface area contributed by atoms with E-state index in [0.29, 0.717) is 5.92 Å². The normalized spacial score (nSPS) is 25.1. The minimum Gasteiger partial charge on any atom is -0.496 e. The lowest BCUT2D eigenvalue weighted by Crippen LogP contribution is -2.26. The van der Waals surface area contributed by atoms with E-state index < -0.39 is 0 Å². The zero-order valence-corrected chi connectivity index (χ0v) is 12.5. The van der Waals surface area contributed by atoms with Crippen molar-refractivity contribution in [2.75, 3.05) is 7.11 Å². The van der Waals surface area contributed by atoms with Gasteiger partial charge in [-0.05, 0) is 48.8 Å². The third kappa shape index (κ3) is 3.30. The van der Waals surface area contributed by atoms with E-state index in [-0.39, 0.29) is 6.04 Å². The molecule has 0 amide bonds. The molecule has 0 aromatic heterocycles. The summed E-state index contributed by atoms with van der Waals surface area (Å²) in [6.07, 6.45) is 6.57. The van der Waals surface area contributed by atoms with Crippen molar-refractivity contribution in [3.8, 4) is 5.75 Å². The Morgan fingerprint density at radius 3 is 2.84 bits per heavy atom. The van der Waals surface area contributed by atoms with Gasteiger partial charge in [-0.2, -0.15) is 0 Å². The summed E-state index contributed by atoms with van der Waals surface area (Å²) < 4.78 is 5.41. The Bertz CT molecular complexity index is 416. The van der Waals surface area contributed by atoms with E-state index >= 15 is 0 Å². The molecule has 3 unspecified atom stereocenters. The van der Waals surface area contributed by atoms with Crippen LogP contribution in [0.4, 0.5) is 0 Å². The lowest BCUT2D eigenvalue weighted by molar-refractivity contribution is 0.230. The van der Waals surface area contributed by atoms with Crippen molar-refractivity contribution in [3.05, 3.63) is 29.3 Å². The molecule has 106 valence electrons. The van der Waals surface area contributed by atoms with Crippen LogP contribution in [0.25, 0.3) is 0 Å². The highest BCUT2D eigenvalue weighted by molar-refractivity contribution is 5.38. The molecule has 3 atom stereocenters. The molecule has 0 heterocycles. The van der Waals surface area contributed by atoms with Gasteiger partial charge in [0.2, 0.25) is 0 Å². The smallest absolute Gasteiger partial charge is 0.122 e. The summed E-state index contributed by atoms with van der Waals surface area (Å²) >= 11 is 0. The highest BCUT2D eigenvalue weighted by Gasteiger charge is 2.26. The zero-order valence-electron chi connectivity index (χ0n) is 12.5. The van der Waals surface area contributed by atoms with Gasteiger partial charge in [0.25, 0.3) is 0 Å². The number of aryl methyl sites for hydroxylation is 1. The second kappa shape index (κ2) is 6.42. The highest BCUT2D eigenvalue weighted by atomic mass is 16.5. The predicted molar refractivity (Wildman–Crippen MR) is 80.4 cm³/mol. The fraction of sp³-hybridized carbons (Fsp3) is 0.647. The van der Waals surface area contributed by atoms with Crippen LogP contribution in [-0.2, 0) is 0 Å². The third-order valence-electron chi connectivity index (χ3n) is 4.73. The van der Waals surface area contributed by atoms with E-state index in [2.05, 4.69) is 32.0 Å². The molecule has 1 aliphatic carbocycles. The van der Waals surface area contributed by atoms with Crippen LogP contribution in [-0.4, -0.2) is 7.11 Å². The molecule has 2 heteroatoms. The topological polar surface area (TPSA) is 35.2 Å². The van der Waals surface area contributed by atoms with Crippen molar-refractivity contribution in [3.63, 3.8) is 0 Å². The van der Waals surface area contributed by atoms with Gasteiger partial charge in [-0.3, -0.25) is 0 Å². The molecule has 0 saturated heterocycles. The predicted octanol–water partition coefficient (Wildman–Crippen LogP) is 4.22. The van der Waals surface area contributed by atoms with Crippen molar-refractivity contribution in [1.29, 1.82) is 0 Å². The van der Waals surface area contributed by atoms with Gasteiger partial charge >= 0.3 is 0 Å². The highest BCUT2D eigenvalue weighted by Crippen LogP contribution is 2.38. The summed E-state index contributed by atoms with van der Waals surface area (Å²) in [6, 6.07) is 6.56. The average Bonchev–Trinajstić information content (AvgIpc) is 2.47. The maximum atomic E-state index is 6.50. The lowest BCUT2D eigenvalue weighted by Gasteiger charge is -2.32. The molecule has 1 aliphatic rings. The Labute approximate surface area is 117 Å². The molecule has 0 radical (unpaired) electrons. The molecular formula is C17H27NO. The number of rotatable bonds is 4. The van der Waals surface area contributed by atoms with Crippen LogP contribution < -0.4 is 10.5 Å². The largest absolute Gasteiger partial charge is 0.496 e. The summed E-state index contributed by atoms with van der Waals surface area (Å²) in [6.45, 7) is 4.37. The summed E-state index contributed by atoms with van der Waals surface area (Å²) in [4.78, 5) is 0. The van der Waals surface area contributed by atoms with Gasteiger partial charge in [0, 0.05) is 6.04 Å². The van der Waals surface area contributed by atoms with Crippen molar-refractivity contribution in [2.45, 2.75) is 52.0 Å². The van der Waals surface area contributed by atoms with Crippen molar-refractivity contribution in [2.24, 2.45) is 17.6 Å². The lowest BCUT2D eigenvalue weighted by atomic mass is 9.75. The van der Waals surface area contributed by atoms with Crippen LogP contribution in [0.3, 0.4) is 0 Å². The van der Waals surface area contributed by atoms with Gasteiger partial charge in [0.05, 0.1) is 7.11 Å². The van der Waals surface area contributed by atoms with Crippen LogP contribution in [0.2, 0.25) is 0 Å². The molecule has 2 nitrogen and oxygen atoms in total. The maximum Gasteiger partial charge on any atom is 0.122 e. The Morgan fingerprint density at radius 2 is 2.16 bits per heavy atom. The first kappa shape index (κ1) is 14.4. The number of hydrogen-bond acceptors (Lipinski definition) is 2. The van der Waals surface area contributed by atoms with Crippen LogP contribution in [0.5, 0.6) is 5.75 Å². The van der Waals surface area contributed by atoms with E-state index in [0.717, 1.165) is 11.7 Å². The second-order valence-corrected chi connectivity index (χ2v) is 5.96. The van der Waals surface area contributed by atoms with E-state index in [1.807, 2.05) is 0 Å². The summed E-state index contributed by atoms with van der Waals surface area (Å²) in [5.41, 5.74) is 8.91. The third-order valence-corrected chi connectivity index (χ3v) is 4.73. The maximum absolute atomic E-state index is 6.50. The molecule has 1 saturated carbocycles. The molecule has 0 bridgehead atoms. The number of hydrogen-bond donors (Lipinski definition) is 1. The van der Waals surface area contributed by atoms with Crippen LogP contribution in [0.15, 0.2) is 18.2 Å². The first-order valence-electron chi connectivity index (χ1n) is 7.55. The van der Waals surface area contributed by atoms with Crippen molar-refractivity contribution in [1.82, 2.24) is 0 Å². The van der Waals surface area contributed by atoms with Gasteiger partial charge in [-0.1, -0.05) is 38.3 Å². The monoisotopic (exact) mass is 261 g/mol. The summed E-state index contributed by atoms with van der Waals surface area (Å²) in [5, 5.41) is 0. The summed E-state index contributed by atoms with van der Waals surface area (Å²) in [5.74, 6) is 2.46. The number of methoxy groups -OCH3 is 1. The molecular weight excluding hydrogens is 234 g/mol. The zero-order chi connectivity index (χ0) is 13.8. The van der Waals surface area contributed by atoms with Gasteiger partial charge in [-0.25, -0.2) is 0 Å². The quantitative estimate of drug-likeness (QED) is 0.880. The minimum absolute atomic E-state index is 0.156. The number of ether oxygens (including phenoxy) is 1. The van der Waals surface area contributed by atoms with Crippen molar-refractivity contribution >= 4 is 0 Å². The molecule has 0 aliphatic heterocycles. The first-order chi connectivity index (χ1) is 9.15. The first-order valence-corrected chi connectivity index (χ1v) is 7.55. The molecule has 0 spiro atoms. The van der Waals surface area contributed by atoms with Crippen molar-refractivity contribution < 1.29 is 4.74 Å². The number of nitrogens with two attached hydrogens (primary N) is 1. The SMILES string of the molecule is CCC1CCCC(C(N)c2ccc(C)c(OC)c2)C1. The Hall–Kier alpha value is -1.02. The van der Waals surface area contributed by atoms with Gasteiger partial charge < -0.3 is 10.5 Å². The second-order valence-electron chi connectivity index (χ2n) is 5.96. The summed E-state index contributed by atoms with van der Waals surface area (Å²) in [7, 11) is 1.73. The Kier molecular flexibility index (Phi) is 4.87. The van der Waals surface area contributed by atoms with E-state index in [1.54, 1.807) is 7.11 Å². The van der Waals surface area contributed by atoms with Gasteiger partial charge in [-0.15, -0.1) is 0 Å². The van der Waals surface area contributed by atoms with Crippen LogP contribution >= 0.6 is 0 Å². The standard InChI is InChI=1S/C17H27NO/c1-4-13-6-5-7-14(10-13)17(18)15-9-8-12(2)16(11-15)19-3/h8-9,11,13-14,17H,4-7,10,18H2,1-3H3. The number of benzene rings is 1. The van der Waals surface area contributed by atoms with E-state index in [9.17, 15) is 0 Å². The average molecular weight is 261 g/mol. The molecule has 2 N–H and O–H groups in total.